The van der Waals surface area contributed by atoms with Gasteiger partial charge in [-0.05, 0) is 37.5 Å². The lowest BCUT2D eigenvalue weighted by Crippen LogP contribution is -2.36. The molecule has 0 saturated carbocycles. The van der Waals surface area contributed by atoms with Gasteiger partial charge in [-0.1, -0.05) is 12.1 Å². The first-order chi connectivity index (χ1) is 10.1. The minimum atomic E-state index is -0.514. The van der Waals surface area contributed by atoms with E-state index in [-0.39, 0.29) is 5.91 Å². The number of carbonyl (C=O) groups is 1. The maximum absolute atomic E-state index is 12.1. The quantitative estimate of drug-likeness (QED) is 0.756. The van der Waals surface area contributed by atoms with Gasteiger partial charge in [-0.25, -0.2) is 4.98 Å². The highest BCUT2D eigenvalue weighted by Crippen LogP contribution is 2.24. The van der Waals surface area contributed by atoms with Crippen molar-refractivity contribution in [2.24, 2.45) is 5.73 Å². The van der Waals surface area contributed by atoms with Crippen LogP contribution in [0.25, 0.3) is 11.4 Å². The van der Waals surface area contributed by atoms with Crippen molar-refractivity contribution in [2.45, 2.75) is 19.4 Å². The zero-order chi connectivity index (χ0) is 15.2. The second-order valence-corrected chi connectivity index (χ2v) is 5.65. The van der Waals surface area contributed by atoms with Crippen LogP contribution in [0, 0.1) is 6.92 Å². The molecular formula is C14H19N5OS. The van der Waals surface area contributed by atoms with E-state index in [9.17, 15) is 4.79 Å². The fourth-order valence-corrected chi connectivity index (χ4v) is 2.34. The molecule has 0 aliphatic carbocycles. The van der Waals surface area contributed by atoms with Gasteiger partial charge in [0.1, 0.15) is 5.82 Å². The number of rotatable bonds is 6. The molecule has 2 aromatic rings. The predicted octanol–water partition coefficient (Wildman–Crippen LogP) is 1.80. The summed E-state index contributed by atoms with van der Waals surface area (Å²) in [4.78, 5) is 16.4. The SMILES string of the molecule is CSCC[C@H](N)C(=O)Nc1ccccc1-c1n[nH]c(C)n1. The molecule has 1 amide bonds. The van der Waals surface area contributed by atoms with Gasteiger partial charge in [0.2, 0.25) is 5.91 Å². The maximum atomic E-state index is 12.1. The fourth-order valence-electron chi connectivity index (χ4n) is 1.85. The molecule has 0 bridgehead atoms. The molecule has 0 aliphatic rings. The van der Waals surface area contributed by atoms with E-state index in [0.29, 0.717) is 17.9 Å². The molecule has 4 N–H and O–H groups in total. The first kappa shape index (κ1) is 15.5. The molecule has 6 nitrogen and oxygen atoms in total. The van der Waals surface area contributed by atoms with Crippen molar-refractivity contribution < 1.29 is 4.79 Å². The summed E-state index contributed by atoms with van der Waals surface area (Å²) in [6.07, 6.45) is 2.64. The molecule has 0 fully saturated rings. The van der Waals surface area contributed by atoms with E-state index >= 15 is 0 Å². The Kier molecular flexibility index (Phi) is 5.35. The Morgan fingerprint density at radius 1 is 1.48 bits per heavy atom. The molecule has 0 unspecified atom stereocenters. The Balaban J connectivity index is 2.15. The van der Waals surface area contributed by atoms with Gasteiger partial charge in [0.25, 0.3) is 0 Å². The fraction of sp³-hybridized carbons (Fsp3) is 0.357. The van der Waals surface area contributed by atoms with E-state index in [1.807, 2.05) is 37.4 Å². The van der Waals surface area contributed by atoms with Gasteiger partial charge in [0, 0.05) is 5.56 Å². The number of aromatic amines is 1. The molecule has 1 aromatic heterocycles. The highest BCUT2D eigenvalue weighted by molar-refractivity contribution is 7.98. The largest absolute Gasteiger partial charge is 0.324 e. The summed E-state index contributed by atoms with van der Waals surface area (Å²) >= 11 is 1.67. The van der Waals surface area contributed by atoms with Gasteiger partial charge in [-0.2, -0.15) is 16.9 Å². The molecular weight excluding hydrogens is 286 g/mol. The normalized spacial score (nSPS) is 12.1. The van der Waals surface area contributed by atoms with Crippen LogP contribution in [-0.2, 0) is 4.79 Å². The lowest BCUT2D eigenvalue weighted by atomic mass is 10.1. The summed E-state index contributed by atoms with van der Waals surface area (Å²) in [6.45, 7) is 1.83. The number of aryl methyl sites for hydroxylation is 1. The number of para-hydroxylation sites is 1. The Labute approximate surface area is 127 Å². The van der Waals surface area contributed by atoms with Gasteiger partial charge >= 0.3 is 0 Å². The maximum Gasteiger partial charge on any atom is 0.241 e. The van der Waals surface area contributed by atoms with Crippen molar-refractivity contribution >= 4 is 23.4 Å². The van der Waals surface area contributed by atoms with Crippen molar-refractivity contribution in [3.63, 3.8) is 0 Å². The number of nitrogens with zero attached hydrogens (tertiary/aromatic N) is 2. The molecule has 0 spiro atoms. The van der Waals surface area contributed by atoms with Gasteiger partial charge in [0.15, 0.2) is 5.82 Å². The molecule has 0 saturated heterocycles. The number of thioether (sulfide) groups is 1. The summed E-state index contributed by atoms with van der Waals surface area (Å²) in [5.41, 5.74) is 7.32. The standard InChI is InChI=1S/C14H19N5OS/c1-9-16-13(19-18-9)10-5-3-4-6-12(10)17-14(20)11(15)7-8-21-2/h3-6,11H,7-8,15H2,1-2H3,(H,17,20)(H,16,18,19)/t11-/m0/s1. The number of nitrogens with one attached hydrogen (secondary N) is 2. The Morgan fingerprint density at radius 2 is 2.24 bits per heavy atom. The third-order valence-electron chi connectivity index (χ3n) is 2.99. The second kappa shape index (κ2) is 7.24. The number of nitrogens with two attached hydrogens (primary N) is 1. The summed E-state index contributed by atoms with van der Waals surface area (Å²) in [6, 6.07) is 6.90. The average Bonchev–Trinajstić information content (AvgIpc) is 2.91. The number of anilines is 1. The smallest absolute Gasteiger partial charge is 0.241 e. The number of benzene rings is 1. The number of aromatic nitrogens is 3. The monoisotopic (exact) mass is 305 g/mol. The first-order valence-electron chi connectivity index (χ1n) is 6.65. The average molecular weight is 305 g/mol. The molecule has 1 atom stereocenters. The molecule has 0 radical (unpaired) electrons. The van der Waals surface area contributed by atoms with E-state index in [0.717, 1.165) is 17.1 Å². The molecule has 0 aliphatic heterocycles. The highest BCUT2D eigenvalue weighted by Gasteiger charge is 2.16. The molecule has 2 rings (SSSR count). The van der Waals surface area contributed by atoms with Gasteiger partial charge in [-0.15, -0.1) is 0 Å². The Hall–Kier alpha value is -1.86. The third-order valence-corrected chi connectivity index (χ3v) is 3.64. The van der Waals surface area contributed by atoms with Crippen LogP contribution in [-0.4, -0.2) is 39.1 Å². The van der Waals surface area contributed by atoms with Crippen LogP contribution >= 0.6 is 11.8 Å². The van der Waals surface area contributed by atoms with Crippen LogP contribution in [0.15, 0.2) is 24.3 Å². The van der Waals surface area contributed by atoms with Crippen LogP contribution in [0.4, 0.5) is 5.69 Å². The van der Waals surface area contributed by atoms with Gasteiger partial charge < -0.3 is 11.1 Å². The summed E-state index contributed by atoms with van der Waals surface area (Å²) < 4.78 is 0. The first-order valence-corrected chi connectivity index (χ1v) is 8.05. The zero-order valence-electron chi connectivity index (χ0n) is 12.1. The van der Waals surface area contributed by atoms with E-state index in [1.54, 1.807) is 11.8 Å². The van der Waals surface area contributed by atoms with Crippen LogP contribution in [0.3, 0.4) is 0 Å². The lowest BCUT2D eigenvalue weighted by Gasteiger charge is -2.13. The second-order valence-electron chi connectivity index (χ2n) is 4.67. The lowest BCUT2D eigenvalue weighted by molar-refractivity contribution is -0.117. The molecule has 21 heavy (non-hydrogen) atoms. The van der Waals surface area contributed by atoms with Crippen molar-refractivity contribution in [1.82, 2.24) is 15.2 Å². The van der Waals surface area contributed by atoms with E-state index in [2.05, 4.69) is 20.5 Å². The molecule has 7 heteroatoms. The van der Waals surface area contributed by atoms with Crippen LogP contribution in [0.5, 0.6) is 0 Å². The Morgan fingerprint density at radius 3 is 2.90 bits per heavy atom. The third kappa shape index (κ3) is 4.05. The predicted molar refractivity (Wildman–Crippen MR) is 86.2 cm³/mol. The van der Waals surface area contributed by atoms with Crippen molar-refractivity contribution in [1.29, 1.82) is 0 Å². The minimum absolute atomic E-state index is 0.191. The number of carbonyl (C=O) groups excluding carboxylic acids is 1. The topological polar surface area (TPSA) is 96.7 Å². The van der Waals surface area contributed by atoms with E-state index < -0.39 is 6.04 Å². The zero-order valence-corrected chi connectivity index (χ0v) is 12.9. The number of hydrogen-bond donors (Lipinski definition) is 3. The van der Waals surface area contributed by atoms with Crippen LogP contribution in [0.2, 0.25) is 0 Å². The van der Waals surface area contributed by atoms with E-state index in [1.165, 1.54) is 0 Å². The van der Waals surface area contributed by atoms with Gasteiger partial charge in [0.05, 0.1) is 11.7 Å². The summed E-state index contributed by atoms with van der Waals surface area (Å²) in [5, 5.41) is 9.78. The summed E-state index contributed by atoms with van der Waals surface area (Å²) in [7, 11) is 0. The molecule has 1 aromatic carbocycles. The Bertz CT molecular complexity index is 613. The van der Waals surface area contributed by atoms with Crippen LogP contribution < -0.4 is 11.1 Å². The number of hydrogen-bond acceptors (Lipinski definition) is 5. The van der Waals surface area contributed by atoms with Crippen molar-refractivity contribution in [3.8, 4) is 11.4 Å². The summed E-state index contributed by atoms with van der Waals surface area (Å²) in [5.74, 6) is 1.95. The molecule has 1 heterocycles. The number of H-pyrrole nitrogens is 1. The van der Waals surface area contributed by atoms with E-state index in [4.69, 9.17) is 5.73 Å². The number of amides is 1. The van der Waals surface area contributed by atoms with Gasteiger partial charge in [-0.3, -0.25) is 9.89 Å². The van der Waals surface area contributed by atoms with Crippen molar-refractivity contribution in [2.75, 3.05) is 17.3 Å². The molecule has 112 valence electrons. The highest BCUT2D eigenvalue weighted by atomic mass is 32.2. The minimum Gasteiger partial charge on any atom is -0.324 e. The van der Waals surface area contributed by atoms with Crippen molar-refractivity contribution in [3.05, 3.63) is 30.1 Å². The van der Waals surface area contributed by atoms with Crippen LogP contribution in [0.1, 0.15) is 12.2 Å².